The molecule has 0 aromatic carbocycles. The van der Waals surface area contributed by atoms with Crippen LogP contribution in [0.4, 0.5) is 0 Å². The Kier molecular flexibility index (Phi) is 1.20. The van der Waals surface area contributed by atoms with E-state index in [9.17, 15) is 9.59 Å². The number of carbonyl (C=O) groups excluding carboxylic acids is 2. The molecule has 0 N–H and O–H groups in total. The molecule has 1 saturated heterocycles. The second-order valence-electron chi connectivity index (χ2n) is 2.27. The zero-order valence-corrected chi connectivity index (χ0v) is 5.26. The molecule has 1 unspecified atom stereocenters. The summed E-state index contributed by atoms with van der Waals surface area (Å²) in [5.74, 6) is -0.498. The Morgan fingerprint density at radius 3 is 2.33 bits per heavy atom. The van der Waals surface area contributed by atoms with E-state index in [0.717, 1.165) is 4.58 Å². The molecule has 2 amide bonds. The molecular formula is C6H8NO2+. The van der Waals surface area contributed by atoms with Gasteiger partial charge in [-0.1, -0.05) is 0 Å². The molecule has 3 heteroatoms. The van der Waals surface area contributed by atoms with E-state index in [1.54, 1.807) is 6.92 Å². The summed E-state index contributed by atoms with van der Waals surface area (Å²) >= 11 is 0. The van der Waals surface area contributed by atoms with Crippen LogP contribution in [0.25, 0.3) is 0 Å². The van der Waals surface area contributed by atoms with Gasteiger partial charge in [-0.15, -0.1) is 4.58 Å². The summed E-state index contributed by atoms with van der Waals surface area (Å²) in [6.07, 6.45) is 0.322. The fourth-order valence-corrected chi connectivity index (χ4v) is 0.848. The van der Waals surface area contributed by atoms with E-state index in [2.05, 4.69) is 6.72 Å². The summed E-state index contributed by atoms with van der Waals surface area (Å²) < 4.78 is 0.935. The topological polar surface area (TPSA) is 37.1 Å². The number of rotatable bonds is 0. The van der Waals surface area contributed by atoms with Crippen molar-refractivity contribution in [2.45, 2.75) is 13.3 Å². The first-order valence-corrected chi connectivity index (χ1v) is 2.80. The largest absolute Gasteiger partial charge is 0.398 e. The fourth-order valence-electron chi connectivity index (χ4n) is 0.848. The van der Waals surface area contributed by atoms with Crippen LogP contribution in [0, 0.1) is 5.92 Å². The van der Waals surface area contributed by atoms with Gasteiger partial charge in [-0.05, 0) is 6.92 Å². The molecule has 1 aliphatic rings. The van der Waals surface area contributed by atoms with Gasteiger partial charge in [0, 0.05) is 0 Å². The van der Waals surface area contributed by atoms with Crippen molar-refractivity contribution in [1.29, 1.82) is 0 Å². The van der Waals surface area contributed by atoms with Crippen LogP contribution in [0.2, 0.25) is 0 Å². The third-order valence-corrected chi connectivity index (χ3v) is 1.47. The zero-order valence-electron chi connectivity index (χ0n) is 5.26. The number of nitrogens with zero attached hydrogens (tertiary/aromatic N) is 1. The van der Waals surface area contributed by atoms with Crippen molar-refractivity contribution >= 4 is 18.5 Å². The van der Waals surface area contributed by atoms with Crippen molar-refractivity contribution in [3.63, 3.8) is 0 Å². The van der Waals surface area contributed by atoms with Crippen molar-refractivity contribution in [3.8, 4) is 0 Å². The van der Waals surface area contributed by atoms with Crippen LogP contribution >= 0.6 is 0 Å². The van der Waals surface area contributed by atoms with Crippen molar-refractivity contribution < 1.29 is 14.2 Å². The highest BCUT2D eigenvalue weighted by molar-refractivity contribution is 5.92. The van der Waals surface area contributed by atoms with E-state index in [1.165, 1.54) is 0 Å². The van der Waals surface area contributed by atoms with Crippen LogP contribution in [-0.2, 0) is 9.59 Å². The van der Waals surface area contributed by atoms with E-state index in [4.69, 9.17) is 0 Å². The molecule has 1 atom stereocenters. The molecule has 0 saturated carbocycles. The molecule has 1 aliphatic heterocycles. The van der Waals surface area contributed by atoms with Crippen molar-refractivity contribution in [3.05, 3.63) is 0 Å². The van der Waals surface area contributed by atoms with E-state index < -0.39 is 0 Å². The highest BCUT2D eigenvalue weighted by atomic mass is 16.2. The Hall–Kier alpha value is -0.990. The lowest BCUT2D eigenvalue weighted by Crippen LogP contribution is -2.16. The Bertz CT molecular complexity index is 195. The van der Waals surface area contributed by atoms with Crippen LogP contribution < -0.4 is 0 Å². The first-order chi connectivity index (χ1) is 4.13. The quantitative estimate of drug-likeness (QED) is 0.333. The minimum absolute atomic E-state index is 0.157. The summed E-state index contributed by atoms with van der Waals surface area (Å²) in [7, 11) is 0. The maximum Gasteiger partial charge on any atom is 0.398 e. The average molecular weight is 126 g/mol. The highest BCUT2D eigenvalue weighted by Crippen LogP contribution is 2.12. The summed E-state index contributed by atoms with van der Waals surface area (Å²) in [6.45, 7) is 5.01. The first kappa shape index (κ1) is 6.13. The third kappa shape index (κ3) is 0.781. The molecule has 1 heterocycles. The summed E-state index contributed by atoms with van der Waals surface area (Å²) in [5, 5.41) is 0. The van der Waals surface area contributed by atoms with E-state index >= 15 is 0 Å². The summed E-state index contributed by atoms with van der Waals surface area (Å²) in [4.78, 5) is 21.4. The maximum atomic E-state index is 10.8. The Morgan fingerprint density at radius 2 is 2.22 bits per heavy atom. The number of imide groups is 1. The SMILES string of the molecule is C=[N+]1C(=O)CC(C)C1=O. The van der Waals surface area contributed by atoms with Gasteiger partial charge in [0.15, 0.2) is 0 Å². The van der Waals surface area contributed by atoms with Gasteiger partial charge in [-0.2, -0.15) is 0 Å². The summed E-state index contributed by atoms with van der Waals surface area (Å²) in [5.41, 5.74) is 0. The molecule has 0 spiro atoms. The van der Waals surface area contributed by atoms with E-state index in [1.807, 2.05) is 0 Å². The lowest BCUT2D eigenvalue weighted by atomic mass is 10.1. The molecule has 1 rings (SSSR count). The lowest BCUT2D eigenvalue weighted by Gasteiger charge is -1.82. The Balaban J connectivity index is 2.90. The molecular weight excluding hydrogens is 118 g/mol. The molecule has 0 aliphatic carbocycles. The van der Waals surface area contributed by atoms with E-state index in [0.29, 0.717) is 6.42 Å². The molecule has 1 fully saturated rings. The molecule has 0 aromatic rings. The van der Waals surface area contributed by atoms with Crippen molar-refractivity contribution in [2.24, 2.45) is 5.92 Å². The van der Waals surface area contributed by atoms with Gasteiger partial charge in [-0.3, -0.25) is 0 Å². The fraction of sp³-hybridized carbons (Fsp3) is 0.500. The lowest BCUT2D eigenvalue weighted by molar-refractivity contribution is -0.366. The summed E-state index contributed by atoms with van der Waals surface area (Å²) in [6, 6.07) is 0. The van der Waals surface area contributed by atoms with E-state index in [-0.39, 0.29) is 17.7 Å². The van der Waals surface area contributed by atoms with Gasteiger partial charge in [0.05, 0.1) is 12.3 Å². The van der Waals surface area contributed by atoms with Gasteiger partial charge in [0.25, 0.3) is 0 Å². The molecule has 0 radical (unpaired) electrons. The average Bonchev–Trinajstić information content (AvgIpc) is 1.98. The molecule has 3 nitrogen and oxygen atoms in total. The molecule has 9 heavy (non-hydrogen) atoms. The molecule has 0 aromatic heterocycles. The van der Waals surface area contributed by atoms with Gasteiger partial charge in [-0.25, -0.2) is 9.59 Å². The standard InChI is InChI=1S/C6H8NO2/c1-4-3-5(8)7(2)6(4)9/h4H,2-3H2,1H3/q+1. The van der Waals surface area contributed by atoms with Gasteiger partial charge in [0.2, 0.25) is 0 Å². The zero-order chi connectivity index (χ0) is 7.02. The minimum atomic E-state index is -0.174. The van der Waals surface area contributed by atoms with Crippen LogP contribution in [0.5, 0.6) is 0 Å². The second-order valence-corrected chi connectivity index (χ2v) is 2.27. The number of hydrogen-bond donors (Lipinski definition) is 0. The molecule has 0 bridgehead atoms. The molecule has 48 valence electrons. The van der Waals surface area contributed by atoms with Crippen LogP contribution in [-0.4, -0.2) is 23.1 Å². The van der Waals surface area contributed by atoms with Gasteiger partial charge >= 0.3 is 11.8 Å². The second kappa shape index (κ2) is 1.76. The number of hydrogen-bond acceptors (Lipinski definition) is 2. The smallest absolute Gasteiger partial charge is 0.219 e. The number of amides is 2. The maximum absolute atomic E-state index is 10.8. The first-order valence-electron chi connectivity index (χ1n) is 2.80. The van der Waals surface area contributed by atoms with Crippen LogP contribution in [0.15, 0.2) is 0 Å². The highest BCUT2D eigenvalue weighted by Gasteiger charge is 2.40. The van der Waals surface area contributed by atoms with Crippen molar-refractivity contribution in [1.82, 2.24) is 0 Å². The monoisotopic (exact) mass is 126 g/mol. The Morgan fingerprint density at radius 1 is 1.67 bits per heavy atom. The van der Waals surface area contributed by atoms with Crippen LogP contribution in [0.3, 0.4) is 0 Å². The normalized spacial score (nSPS) is 27.7. The minimum Gasteiger partial charge on any atom is -0.219 e. The van der Waals surface area contributed by atoms with Gasteiger partial charge < -0.3 is 0 Å². The van der Waals surface area contributed by atoms with Crippen LogP contribution in [0.1, 0.15) is 13.3 Å². The third-order valence-electron chi connectivity index (χ3n) is 1.47. The number of carbonyl (C=O) groups is 2. The van der Waals surface area contributed by atoms with Gasteiger partial charge in [0.1, 0.15) is 6.72 Å². The Labute approximate surface area is 53.0 Å². The predicted octanol–water partition coefficient (Wildman–Crippen LogP) is -0.208. The van der Waals surface area contributed by atoms with Crippen molar-refractivity contribution in [2.75, 3.05) is 0 Å². The predicted molar refractivity (Wildman–Crippen MR) is 31.2 cm³/mol.